The lowest BCUT2D eigenvalue weighted by Crippen LogP contribution is -2.10. The van der Waals surface area contributed by atoms with Crippen LogP contribution >= 0.6 is 31.9 Å². The van der Waals surface area contributed by atoms with Crippen LogP contribution in [0, 0.1) is 0 Å². The first-order chi connectivity index (χ1) is 9.95. The summed E-state index contributed by atoms with van der Waals surface area (Å²) in [7, 11) is 0. The van der Waals surface area contributed by atoms with Crippen LogP contribution in [0.1, 0.15) is 25.5 Å². The van der Waals surface area contributed by atoms with Crippen LogP contribution in [0.25, 0.3) is 0 Å². The van der Waals surface area contributed by atoms with Gasteiger partial charge in [-0.15, -0.1) is 0 Å². The molecule has 1 aromatic carbocycles. The van der Waals surface area contributed by atoms with Crippen LogP contribution in [0.2, 0.25) is 0 Å². The molecule has 2 aromatic rings. The molecule has 1 aromatic heterocycles. The Morgan fingerprint density at radius 2 is 2.05 bits per heavy atom. The lowest BCUT2D eigenvalue weighted by molar-refractivity contribution is -0.114. The van der Waals surface area contributed by atoms with E-state index in [-0.39, 0.29) is 11.9 Å². The number of hydrogen-bond donors (Lipinski definition) is 2. The van der Waals surface area contributed by atoms with E-state index in [0.717, 1.165) is 26.0 Å². The summed E-state index contributed by atoms with van der Waals surface area (Å²) in [6.07, 6.45) is 1.74. The van der Waals surface area contributed by atoms with Gasteiger partial charge in [-0.1, -0.05) is 12.1 Å². The van der Waals surface area contributed by atoms with Crippen LogP contribution in [-0.2, 0) is 4.79 Å². The van der Waals surface area contributed by atoms with Gasteiger partial charge in [0, 0.05) is 23.3 Å². The number of pyridine rings is 1. The standard InChI is InChI=1S/C15H15Br2N3O/c1-9(19-15-14(17)7-12(16)8-18-15)11-4-3-5-13(6-11)20-10(2)21/h3-9H,1-2H3,(H,18,19)(H,20,21). The van der Waals surface area contributed by atoms with Gasteiger partial charge in [-0.05, 0) is 62.5 Å². The highest BCUT2D eigenvalue weighted by molar-refractivity contribution is 9.11. The van der Waals surface area contributed by atoms with Crippen molar-refractivity contribution in [1.29, 1.82) is 0 Å². The summed E-state index contributed by atoms with van der Waals surface area (Å²) >= 11 is 6.86. The fraction of sp³-hybridized carbons (Fsp3) is 0.200. The Bertz CT molecular complexity index is 661. The number of amides is 1. The van der Waals surface area contributed by atoms with E-state index >= 15 is 0 Å². The van der Waals surface area contributed by atoms with Crippen molar-refractivity contribution >= 4 is 49.3 Å². The van der Waals surface area contributed by atoms with Crippen LogP contribution < -0.4 is 10.6 Å². The van der Waals surface area contributed by atoms with Gasteiger partial charge in [0.05, 0.1) is 10.5 Å². The van der Waals surface area contributed by atoms with Crippen molar-refractivity contribution in [3.8, 4) is 0 Å². The third-order valence-corrected chi connectivity index (χ3v) is 3.91. The summed E-state index contributed by atoms with van der Waals surface area (Å²) in [6.45, 7) is 3.54. The fourth-order valence-corrected chi connectivity index (χ4v) is 3.00. The first-order valence-electron chi connectivity index (χ1n) is 6.41. The molecular formula is C15H15Br2N3O. The minimum absolute atomic E-state index is 0.0590. The van der Waals surface area contributed by atoms with Crippen LogP contribution in [0.15, 0.2) is 45.5 Å². The molecule has 1 heterocycles. The van der Waals surface area contributed by atoms with E-state index in [2.05, 4.69) is 47.5 Å². The molecule has 0 radical (unpaired) electrons. The van der Waals surface area contributed by atoms with Crippen molar-refractivity contribution in [2.24, 2.45) is 0 Å². The topological polar surface area (TPSA) is 54.0 Å². The molecule has 0 bridgehead atoms. The van der Waals surface area contributed by atoms with E-state index in [1.807, 2.05) is 37.3 Å². The zero-order valence-electron chi connectivity index (χ0n) is 11.7. The number of hydrogen-bond acceptors (Lipinski definition) is 3. The first kappa shape index (κ1) is 16.0. The van der Waals surface area contributed by atoms with Gasteiger partial charge < -0.3 is 10.6 Å². The van der Waals surface area contributed by atoms with Gasteiger partial charge in [0.15, 0.2) is 0 Å². The largest absolute Gasteiger partial charge is 0.363 e. The number of carbonyl (C=O) groups excluding carboxylic acids is 1. The number of nitrogens with one attached hydrogen (secondary N) is 2. The number of nitrogens with zero attached hydrogens (tertiary/aromatic N) is 1. The van der Waals surface area contributed by atoms with Crippen molar-refractivity contribution in [1.82, 2.24) is 4.98 Å². The Hall–Kier alpha value is -1.40. The normalized spacial score (nSPS) is 11.8. The maximum atomic E-state index is 11.1. The number of rotatable bonds is 4. The number of anilines is 2. The molecule has 21 heavy (non-hydrogen) atoms. The predicted octanol–water partition coefficient (Wildman–Crippen LogP) is 4.74. The summed E-state index contributed by atoms with van der Waals surface area (Å²) in [6, 6.07) is 9.75. The van der Waals surface area contributed by atoms with E-state index < -0.39 is 0 Å². The third kappa shape index (κ3) is 4.54. The monoisotopic (exact) mass is 411 g/mol. The molecule has 2 N–H and O–H groups in total. The molecule has 6 heteroatoms. The molecule has 1 amide bonds. The molecule has 0 saturated carbocycles. The smallest absolute Gasteiger partial charge is 0.221 e. The summed E-state index contributed by atoms with van der Waals surface area (Å²) < 4.78 is 1.81. The van der Waals surface area contributed by atoms with E-state index in [1.54, 1.807) is 6.20 Å². The highest BCUT2D eigenvalue weighted by Gasteiger charge is 2.10. The van der Waals surface area contributed by atoms with Gasteiger partial charge in [-0.2, -0.15) is 0 Å². The van der Waals surface area contributed by atoms with E-state index in [9.17, 15) is 4.79 Å². The molecule has 0 saturated heterocycles. The lowest BCUT2D eigenvalue weighted by Gasteiger charge is -2.17. The number of benzene rings is 1. The summed E-state index contributed by atoms with van der Waals surface area (Å²) in [5.74, 6) is 0.695. The number of carbonyl (C=O) groups is 1. The Labute approximate surface area is 140 Å². The lowest BCUT2D eigenvalue weighted by atomic mass is 10.1. The van der Waals surface area contributed by atoms with Crippen molar-refractivity contribution in [3.05, 3.63) is 51.0 Å². The van der Waals surface area contributed by atoms with E-state index in [4.69, 9.17) is 0 Å². The second-order valence-corrected chi connectivity index (χ2v) is 6.43. The van der Waals surface area contributed by atoms with Gasteiger partial charge in [0.25, 0.3) is 0 Å². The maximum Gasteiger partial charge on any atom is 0.221 e. The zero-order valence-corrected chi connectivity index (χ0v) is 14.8. The number of aromatic nitrogens is 1. The summed E-state index contributed by atoms with van der Waals surface area (Å²) in [5.41, 5.74) is 1.86. The molecule has 2 rings (SSSR count). The second kappa shape index (κ2) is 7.04. The molecular weight excluding hydrogens is 398 g/mol. The molecule has 0 aliphatic rings. The fourth-order valence-electron chi connectivity index (χ4n) is 1.90. The van der Waals surface area contributed by atoms with Gasteiger partial charge in [0.2, 0.25) is 5.91 Å². The molecule has 1 unspecified atom stereocenters. The van der Waals surface area contributed by atoms with Crippen molar-refractivity contribution in [3.63, 3.8) is 0 Å². The molecule has 4 nitrogen and oxygen atoms in total. The molecule has 110 valence electrons. The van der Waals surface area contributed by atoms with E-state index in [1.165, 1.54) is 6.92 Å². The van der Waals surface area contributed by atoms with E-state index in [0.29, 0.717) is 0 Å². The predicted molar refractivity (Wildman–Crippen MR) is 92.4 cm³/mol. The van der Waals surface area contributed by atoms with Crippen LogP contribution in [0.5, 0.6) is 0 Å². The molecule has 0 aliphatic carbocycles. The maximum absolute atomic E-state index is 11.1. The molecule has 0 fully saturated rings. The first-order valence-corrected chi connectivity index (χ1v) is 7.99. The Kier molecular flexibility index (Phi) is 5.36. The average molecular weight is 413 g/mol. The molecule has 1 atom stereocenters. The number of halogens is 2. The molecule has 0 aliphatic heterocycles. The van der Waals surface area contributed by atoms with Crippen molar-refractivity contribution in [2.45, 2.75) is 19.9 Å². The highest BCUT2D eigenvalue weighted by Crippen LogP contribution is 2.27. The van der Waals surface area contributed by atoms with Crippen molar-refractivity contribution < 1.29 is 4.79 Å². The van der Waals surface area contributed by atoms with Gasteiger partial charge in [0.1, 0.15) is 5.82 Å². The highest BCUT2D eigenvalue weighted by atomic mass is 79.9. The van der Waals surface area contributed by atoms with Crippen LogP contribution in [0.3, 0.4) is 0 Å². The zero-order chi connectivity index (χ0) is 15.4. The Morgan fingerprint density at radius 1 is 1.29 bits per heavy atom. The second-order valence-electron chi connectivity index (χ2n) is 4.66. The van der Waals surface area contributed by atoms with Crippen molar-refractivity contribution in [2.75, 3.05) is 10.6 Å². The van der Waals surface area contributed by atoms with Gasteiger partial charge >= 0.3 is 0 Å². The van der Waals surface area contributed by atoms with Crippen LogP contribution in [0.4, 0.5) is 11.5 Å². The Morgan fingerprint density at radius 3 is 2.71 bits per heavy atom. The van der Waals surface area contributed by atoms with Gasteiger partial charge in [-0.3, -0.25) is 4.79 Å². The van der Waals surface area contributed by atoms with Gasteiger partial charge in [-0.25, -0.2) is 4.98 Å². The SMILES string of the molecule is CC(=O)Nc1cccc(C(C)Nc2ncc(Br)cc2Br)c1. The molecule has 0 spiro atoms. The quantitative estimate of drug-likeness (QED) is 0.762. The average Bonchev–Trinajstić information content (AvgIpc) is 2.41. The summed E-state index contributed by atoms with van der Waals surface area (Å²) in [4.78, 5) is 15.5. The minimum atomic E-state index is -0.0786. The Balaban J connectivity index is 2.16. The van der Waals surface area contributed by atoms with Crippen LogP contribution in [-0.4, -0.2) is 10.9 Å². The summed E-state index contributed by atoms with van der Waals surface area (Å²) in [5, 5.41) is 6.13. The third-order valence-electron chi connectivity index (χ3n) is 2.87. The minimum Gasteiger partial charge on any atom is -0.363 e.